The lowest BCUT2D eigenvalue weighted by molar-refractivity contribution is 0.0697. The average Bonchev–Trinajstić information content (AvgIpc) is 3.49. The number of furan rings is 1. The third kappa shape index (κ3) is 3.51. The van der Waals surface area contributed by atoms with Crippen molar-refractivity contribution in [2.75, 3.05) is 5.75 Å². The van der Waals surface area contributed by atoms with Gasteiger partial charge in [-0.2, -0.15) is 0 Å². The van der Waals surface area contributed by atoms with Gasteiger partial charge in [-0.1, -0.05) is 36.4 Å². The van der Waals surface area contributed by atoms with Crippen LogP contribution in [-0.2, 0) is 0 Å². The van der Waals surface area contributed by atoms with Crippen molar-refractivity contribution < 1.29 is 14.3 Å². The number of benzene rings is 1. The number of hydrogen-bond acceptors (Lipinski definition) is 6. The molecule has 1 aromatic carbocycles. The summed E-state index contributed by atoms with van der Waals surface area (Å²) in [5.41, 5.74) is 1.62. The van der Waals surface area contributed by atoms with Crippen LogP contribution in [0.2, 0.25) is 5.02 Å². The molecule has 2 aromatic heterocycles. The summed E-state index contributed by atoms with van der Waals surface area (Å²) in [6, 6.07) is 14.3. The van der Waals surface area contributed by atoms with Gasteiger partial charge < -0.3 is 14.4 Å². The number of carbonyl (C=O) groups is 1. The van der Waals surface area contributed by atoms with Crippen LogP contribution in [0.5, 0.6) is 0 Å². The fourth-order valence-corrected chi connectivity index (χ4v) is 5.71. The number of rotatable bonds is 5. The van der Waals surface area contributed by atoms with E-state index in [0.717, 1.165) is 28.8 Å². The van der Waals surface area contributed by atoms with Crippen LogP contribution < -0.4 is 0 Å². The molecule has 0 spiro atoms. The lowest BCUT2D eigenvalue weighted by Gasteiger charge is -2.30. The molecule has 1 N–H and O–H groups in total. The van der Waals surface area contributed by atoms with Crippen LogP contribution in [0.25, 0.3) is 11.3 Å². The second-order valence-electron chi connectivity index (χ2n) is 7.54. The number of thioether (sulfide) groups is 1. The molecule has 1 fully saturated rings. The van der Waals surface area contributed by atoms with E-state index >= 15 is 0 Å². The van der Waals surface area contributed by atoms with E-state index in [1.165, 1.54) is 6.07 Å². The lowest BCUT2D eigenvalue weighted by Crippen LogP contribution is -2.35. The van der Waals surface area contributed by atoms with Gasteiger partial charge in [-0.3, -0.25) is 4.98 Å². The monoisotopic (exact) mass is 453 g/mol. The van der Waals surface area contributed by atoms with Crippen molar-refractivity contribution in [3.05, 3.63) is 76.8 Å². The smallest absolute Gasteiger partial charge is 0.335 e. The molecule has 0 radical (unpaired) electrons. The molecule has 4 heterocycles. The Morgan fingerprint density at radius 3 is 2.90 bits per heavy atom. The van der Waals surface area contributed by atoms with E-state index in [-0.39, 0.29) is 17.6 Å². The molecule has 1 saturated heterocycles. The van der Waals surface area contributed by atoms with Gasteiger partial charge in [0.2, 0.25) is 0 Å². The molecule has 0 unspecified atom stereocenters. The van der Waals surface area contributed by atoms with E-state index in [1.807, 2.05) is 30.3 Å². The van der Waals surface area contributed by atoms with Crippen LogP contribution in [0.4, 0.5) is 0 Å². The first-order chi connectivity index (χ1) is 15.1. The van der Waals surface area contributed by atoms with Crippen molar-refractivity contribution in [2.24, 2.45) is 4.99 Å². The number of amidine groups is 1. The highest BCUT2D eigenvalue weighted by molar-refractivity contribution is 8.14. The predicted octanol–water partition coefficient (Wildman–Crippen LogP) is 5.67. The van der Waals surface area contributed by atoms with Gasteiger partial charge in [0.1, 0.15) is 23.6 Å². The standard InChI is InChI=1S/C23H20ClN3O3S/c1-2-14-12-31-23-26-20(17-5-3-4-10-25-17)21(27(14)23)19-9-8-18(30-19)15-11-13(22(28)29)6-7-16(15)24/h3-11,14,20-21H,2,12H2,1H3,(H,28,29)/t14-,20+,21+/m0/s1. The van der Waals surface area contributed by atoms with E-state index < -0.39 is 5.97 Å². The van der Waals surface area contributed by atoms with Crippen LogP contribution in [0, 0.1) is 0 Å². The van der Waals surface area contributed by atoms with Crippen molar-refractivity contribution in [2.45, 2.75) is 31.5 Å². The molecule has 31 heavy (non-hydrogen) atoms. The molecule has 0 amide bonds. The molecular weight excluding hydrogens is 434 g/mol. The Bertz CT molecular complexity index is 1160. The topological polar surface area (TPSA) is 78.9 Å². The van der Waals surface area contributed by atoms with Crippen LogP contribution >= 0.6 is 23.4 Å². The maximum Gasteiger partial charge on any atom is 0.335 e. The van der Waals surface area contributed by atoms with E-state index in [2.05, 4.69) is 16.8 Å². The van der Waals surface area contributed by atoms with Crippen LogP contribution in [0.15, 0.2) is 64.1 Å². The third-order valence-corrected chi connectivity index (χ3v) is 7.18. The predicted molar refractivity (Wildman–Crippen MR) is 122 cm³/mol. The first kappa shape index (κ1) is 20.2. The summed E-state index contributed by atoms with van der Waals surface area (Å²) in [7, 11) is 0. The normalized spacial score (nSPS) is 22.5. The van der Waals surface area contributed by atoms with Gasteiger partial charge >= 0.3 is 5.97 Å². The zero-order valence-electron chi connectivity index (χ0n) is 16.7. The van der Waals surface area contributed by atoms with Gasteiger partial charge in [-0.15, -0.1) is 0 Å². The Balaban J connectivity index is 1.56. The van der Waals surface area contributed by atoms with Gasteiger partial charge in [0, 0.05) is 23.6 Å². The maximum atomic E-state index is 11.4. The van der Waals surface area contributed by atoms with Gasteiger partial charge in [-0.25, -0.2) is 9.79 Å². The number of aromatic carboxylic acids is 1. The number of aliphatic imine (C=N–C) groups is 1. The Hall–Kier alpha value is -2.77. The molecule has 0 bridgehead atoms. The molecule has 2 aliphatic rings. The average molecular weight is 454 g/mol. The zero-order chi connectivity index (χ0) is 21.5. The van der Waals surface area contributed by atoms with Crippen LogP contribution in [0.3, 0.4) is 0 Å². The minimum atomic E-state index is -1.01. The molecule has 3 aromatic rings. The second kappa shape index (κ2) is 8.05. The minimum Gasteiger partial charge on any atom is -0.478 e. The summed E-state index contributed by atoms with van der Waals surface area (Å²) in [5.74, 6) is 1.30. The Morgan fingerprint density at radius 1 is 1.29 bits per heavy atom. The van der Waals surface area contributed by atoms with Crippen molar-refractivity contribution >= 4 is 34.5 Å². The van der Waals surface area contributed by atoms with Crippen LogP contribution in [-0.4, -0.2) is 37.9 Å². The fourth-order valence-electron chi connectivity index (χ4n) is 4.16. The zero-order valence-corrected chi connectivity index (χ0v) is 18.3. The Kier molecular flexibility index (Phi) is 5.24. The molecule has 0 aliphatic carbocycles. The molecule has 3 atom stereocenters. The molecule has 158 valence electrons. The summed E-state index contributed by atoms with van der Waals surface area (Å²) < 4.78 is 6.29. The summed E-state index contributed by atoms with van der Waals surface area (Å²) in [5, 5.41) is 10.8. The van der Waals surface area contributed by atoms with E-state index in [9.17, 15) is 9.90 Å². The molecular formula is C23H20ClN3O3S. The quantitative estimate of drug-likeness (QED) is 0.536. The van der Waals surface area contributed by atoms with Crippen molar-refractivity contribution in [1.82, 2.24) is 9.88 Å². The fraction of sp³-hybridized carbons (Fsp3) is 0.261. The summed E-state index contributed by atoms with van der Waals surface area (Å²) in [6.45, 7) is 2.18. The number of fused-ring (bicyclic) bond motifs is 1. The highest BCUT2D eigenvalue weighted by atomic mass is 35.5. The summed E-state index contributed by atoms with van der Waals surface area (Å²) in [4.78, 5) is 23.3. The van der Waals surface area contributed by atoms with Crippen molar-refractivity contribution in [3.63, 3.8) is 0 Å². The number of pyridine rings is 1. The molecule has 5 rings (SSSR count). The number of hydrogen-bond donors (Lipinski definition) is 1. The first-order valence-electron chi connectivity index (χ1n) is 10.1. The van der Waals surface area contributed by atoms with Crippen molar-refractivity contribution in [1.29, 1.82) is 0 Å². The van der Waals surface area contributed by atoms with Gasteiger partial charge in [0.25, 0.3) is 0 Å². The number of carboxylic acid groups (broad SMARTS) is 1. The Morgan fingerprint density at radius 2 is 2.16 bits per heavy atom. The Labute approximate surface area is 189 Å². The van der Waals surface area contributed by atoms with Crippen LogP contribution in [0.1, 0.15) is 47.2 Å². The first-order valence-corrected chi connectivity index (χ1v) is 11.5. The lowest BCUT2D eigenvalue weighted by atomic mass is 10.0. The van der Waals surface area contributed by atoms with E-state index in [1.54, 1.807) is 30.1 Å². The van der Waals surface area contributed by atoms with E-state index in [4.69, 9.17) is 21.0 Å². The van der Waals surface area contributed by atoms with Gasteiger partial charge in [-0.05, 0) is 48.9 Å². The maximum absolute atomic E-state index is 11.4. The van der Waals surface area contributed by atoms with Crippen molar-refractivity contribution in [3.8, 4) is 11.3 Å². The molecule has 6 nitrogen and oxygen atoms in total. The number of nitrogens with zero attached hydrogens (tertiary/aromatic N) is 3. The summed E-state index contributed by atoms with van der Waals surface area (Å²) >= 11 is 8.14. The number of halogens is 1. The molecule has 0 saturated carbocycles. The highest BCUT2D eigenvalue weighted by Gasteiger charge is 2.46. The summed E-state index contributed by atoms with van der Waals surface area (Å²) in [6.07, 6.45) is 2.79. The highest BCUT2D eigenvalue weighted by Crippen LogP contribution is 2.49. The minimum absolute atomic E-state index is 0.111. The number of aromatic nitrogens is 1. The number of carboxylic acids is 1. The van der Waals surface area contributed by atoms with Gasteiger partial charge in [0.05, 0.1) is 16.3 Å². The molecule has 8 heteroatoms. The van der Waals surface area contributed by atoms with Gasteiger partial charge in [0.15, 0.2) is 5.17 Å². The molecule has 2 aliphatic heterocycles. The second-order valence-corrected chi connectivity index (χ2v) is 8.93. The SMILES string of the molecule is CC[C@H]1CSC2=N[C@H](c3ccccn3)[C@@H](c3ccc(-c4cc(C(=O)O)ccc4Cl)o3)N21. The van der Waals surface area contributed by atoms with E-state index in [0.29, 0.717) is 22.4 Å². The third-order valence-electron chi connectivity index (χ3n) is 5.73. The largest absolute Gasteiger partial charge is 0.478 e.